The van der Waals surface area contributed by atoms with Gasteiger partial charge in [-0.15, -0.1) is 10.2 Å². The molecule has 1 aliphatic carbocycles. The van der Waals surface area contributed by atoms with Gasteiger partial charge in [0.25, 0.3) is 0 Å². The molecule has 1 aromatic heterocycles. The first kappa shape index (κ1) is 16.3. The lowest BCUT2D eigenvalue weighted by Crippen LogP contribution is -2.41. The SMILES string of the molecule is CCNC(=NCc1nncn1CC)N1CCC2(CCCCC2)C1. The van der Waals surface area contributed by atoms with Crippen LogP contribution in [0.1, 0.15) is 58.2 Å². The number of aromatic nitrogens is 3. The molecule has 1 N–H and O–H groups in total. The van der Waals surface area contributed by atoms with Gasteiger partial charge in [-0.3, -0.25) is 0 Å². The van der Waals surface area contributed by atoms with Crippen LogP contribution in [0.25, 0.3) is 0 Å². The van der Waals surface area contributed by atoms with Gasteiger partial charge in [0.15, 0.2) is 11.8 Å². The fourth-order valence-electron chi connectivity index (χ4n) is 4.06. The molecule has 23 heavy (non-hydrogen) atoms. The zero-order valence-electron chi connectivity index (χ0n) is 14.6. The van der Waals surface area contributed by atoms with E-state index in [0.717, 1.165) is 31.4 Å². The third-order valence-electron chi connectivity index (χ3n) is 5.39. The van der Waals surface area contributed by atoms with Crippen molar-refractivity contribution in [3.8, 4) is 0 Å². The Bertz CT molecular complexity index is 529. The minimum atomic E-state index is 0.553. The fourth-order valence-corrected chi connectivity index (χ4v) is 4.06. The monoisotopic (exact) mass is 318 g/mol. The number of rotatable bonds is 4. The summed E-state index contributed by atoms with van der Waals surface area (Å²) in [4.78, 5) is 7.29. The van der Waals surface area contributed by atoms with Gasteiger partial charge in [0.2, 0.25) is 0 Å². The zero-order chi connectivity index (χ0) is 16.1. The molecule has 6 nitrogen and oxygen atoms in total. The highest BCUT2D eigenvalue weighted by molar-refractivity contribution is 5.80. The van der Waals surface area contributed by atoms with E-state index in [1.165, 1.54) is 45.1 Å². The Balaban J connectivity index is 1.67. The van der Waals surface area contributed by atoms with Gasteiger partial charge < -0.3 is 14.8 Å². The van der Waals surface area contributed by atoms with Gasteiger partial charge in [-0.1, -0.05) is 19.3 Å². The highest BCUT2D eigenvalue weighted by atomic mass is 15.3. The summed E-state index contributed by atoms with van der Waals surface area (Å²) in [6.07, 6.45) is 10.1. The summed E-state index contributed by atoms with van der Waals surface area (Å²) >= 11 is 0. The summed E-state index contributed by atoms with van der Waals surface area (Å²) in [5.41, 5.74) is 0.553. The van der Waals surface area contributed by atoms with Gasteiger partial charge in [0.1, 0.15) is 12.9 Å². The average molecular weight is 318 g/mol. The van der Waals surface area contributed by atoms with Crippen molar-refractivity contribution in [2.45, 2.75) is 65.5 Å². The molecule has 0 atom stereocenters. The Morgan fingerprint density at radius 3 is 2.83 bits per heavy atom. The highest BCUT2D eigenvalue weighted by Gasteiger charge is 2.39. The van der Waals surface area contributed by atoms with Gasteiger partial charge in [-0.25, -0.2) is 4.99 Å². The standard InChI is InChI=1S/C17H30N6/c1-3-18-16(19-12-15-21-20-14-22(15)4-2)23-11-10-17(13-23)8-6-5-7-9-17/h14H,3-13H2,1-2H3,(H,18,19). The van der Waals surface area contributed by atoms with Crippen LogP contribution < -0.4 is 5.32 Å². The normalized spacial score (nSPS) is 21.1. The van der Waals surface area contributed by atoms with Gasteiger partial charge >= 0.3 is 0 Å². The van der Waals surface area contributed by atoms with Crippen LogP contribution in [0.3, 0.4) is 0 Å². The predicted octanol–water partition coefficient (Wildman–Crippen LogP) is 2.42. The molecular weight excluding hydrogens is 288 g/mol. The molecule has 3 rings (SSSR count). The van der Waals surface area contributed by atoms with Crippen molar-refractivity contribution >= 4 is 5.96 Å². The minimum Gasteiger partial charge on any atom is -0.357 e. The molecule has 1 aliphatic heterocycles. The molecule has 0 unspecified atom stereocenters. The maximum Gasteiger partial charge on any atom is 0.194 e. The van der Waals surface area contributed by atoms with E-state index >= 15 is 0 Å². The second kappa shape index (κ2) is 7.32. The molecule has 0 amide bonds. The average Bonchev–Trinajstić information content (AvgIpc) is 3.19. The minimum absolute atomic E-state index is 0.553. The molecule has 1 spiro atoms. The maximum atomic E-state index is 4.83. The molecule has 0 bridgehead atoms. The number of hydrogen-bond acceptors (Lipinski definition) is 3. The van der Waals surface area contributed by atoms with E-state index in [-0.39, 0.29) is 0 Å². The summed E-state index contributed by atoms with van der Waals surface area (Å²) in [5.74, 6) is 1.98. The molecule has 2 fully saturated rings. The van der Waals surface area contributed by atoms with Gasteiger partial charge in [-0.2, -0.15) is 0 Å². The fraction of sp³-hybridized carbons (Fsp3) is 0.824. The maximum absolute atomic E-state index is 4.83. The number of aryl methyl sites for hydroxylation is 1. The molecule has 2 aliphatic rings. The Kier molecular flexibility index (Phi) is 5.18. The lowest BCUT2D eigenvalue weighted by Gasteiger charge is -2.33. The van der Waals surface area contributed by atoms with E-state index in [2.05, 4.69) is 38.8 Å². The van der Waals surface area contributed by atoms with Crippen molar-refractivity contribution in [1.29, 1.82) is 0 Å². The summed E-state index contributed by atoms with van der Waals surface area (Å²) < 4.78 is 2.06. The van der Waals surface area contributed by atoms with Gasteiger partial charge in [0.05, 0.1) is 0 Å². The number of nitrogens with one attached hydrogen (secondary N) is 1. The van der Waals surface area contributed by atoms with E-state index < -0.39 is 0 Å². The number of aliphatic imine (C=N–C) groups is 1. The van der Waals surface area contributed by atoms with E-state index in [4.69, 9.17) is 4.99 Å². The Morgan fingerprint density at radius 1 is 1.26 bits per heavy atom. The van der Waals surface area contributed by atoms with E-state index in [1.54, 1.807) is 6.33 Å². The van der Waals surface area contributed by atoms with Gasteiger partial charge in [0, 0.05) is 26.2 Å². The third-order valence-corrected chi connectivity index (χ3v) is 5.39. The molecule has 1 saturated heterocycles. The molecular formula is C17H30N6. The van der Waals surface area contributed by atoms with Crippen LogP contribution in [-0.2, 0) is 13.1 Å². The topological polar surface area (TPSA) is 58.3 Å². The van der Waals surface area contributed by atoms with Crippen molar-refractivity contribution in [1.82, 2.24) is 25.0 Å². The number of likely N-dealkylation sites (tertiary alicyclic amines) is 1. The van der Waals surface area contributed by atoms with Crippen molar-refractivity contribution in [3.63, 3.8) is 0 Å². The summed E-state index contributed by atoms with van der Waals surface area (Å²) in [6.45, 7) is 8.93. The van der Waals surface area contributed by atoms with Crippen LogP contribution in [0.2, 0.25) is 0 Å². The molecule has 2 heterocycles. The molecule has 0 aromatic carbocycles. The first-order valence-corrected chi connectivity index (χ1v) is 9.16. The molecule has 128 valence electrons. The molecule has 1 aromatic rings. The number of nitrogens with zero attached hydrogens (tertiary/aromatic N) is 5. The Morgan fingerprint density at radius 2 is 2.09 bits per heavy atom. The Hall–Kier alpha value is -1.59. The smallest absolute Gasteiger partial charge is 0.194 e. The van der Waals surface area contributed by atoms with Crippen molar-refractivity contribution in [2.24, 2.45) is 10.4 Å². The van der Waals surface area contributed by atoms with Gasteiger partial charge in [-0.05, 0) is 38.5 Å². The van der Waals surface area contributed by atoms with Crippen molar-refractivity contribution in [3.05, 3.63) is 12.2 Å². The van der Waals surface area contributed by atoms with E-state index in [0.29, 0.717) is 12.0 Å². The third kappa shape index (κ3) is 3.67. The summed E-state index contributed by atoms with van der Waals surface area (Å²) in [5, 5.41) is 11.6. The van der Waals surface area contributed by atoms with Crippen LogP contribution in [0.5, 0.6) is 0 Å². The summed E-state index contributed by atoms with van der Waals surface area (Å²) in [6, 6.07) is 0. The predicted molar refractivity (Wildman–Crippen MR) is 92.2 cm³/mol. The van der Waals surface area contributed by atoms with Crippen LogP contribution in [0, 0.1) is 5.41 Å². The zero-order valence-corrected chi connectivity index (χ0v) is 14.6. The molecule has 0 radical (unpaired) electrons. The summed E-state index contributed by atoms with van der Waals surface area (Å²) in [7, 11) is 0. The lowest BCUT2D eigenvalue weighted by atomic mass is 9.73. The lowest BCUT2D eigenvalue weighted by molar-refractivity contribution is 0.203. The van der Waals surface area contributed by atoms with Crippen LogP contribution in [0.4, 0.5) is 0 Å². The van der Waals surface area contributed by atoms with Crippen molar-refractivity contribution < 1.29 is 0 Å². The first-order valence-electron chi connectivity index (χ1n) is 9.16. The second-order valence-corrected chi connectivity index (χ2v) is 6.94. The van der Waals surface area contributed by atoms with E-state index in [1.807, 2.05) is 0 Å². The van der Waals surface area contributed by atoms with Crippen LogP contribution in [-0.4, -0.2) is 45.3 Å². The van der Waals surface area contributed by atoms with Crippen molar-refractivity contribution in [2.75, 3.05) is 19.6 Å². The van der Waals surface area contributed by atoms with E-state index in [9.17, 15) is 0 Å². The largest absolute Gasteiger partial charge is 0.357 e. The number of guanidine groups is 1. The van der Waals surface area contributed by atoms with Crippen LogP contribution in [0.15, 0.2) is 11.3 Å². The molecule has 1 saturated carbocycles. The number of hydrogen-bond donors (Lipinski definition) is 1. The highest BCUT2D eigenvalue weighted by Crippen LogP contribution is 2.43. The second-order valence-electron chi connectivity index (χ2n) is 6.94. The van der Waals surface area contributed by atoms with Crippen LogP contribution >= 0.6 is 0 Å². The Labute approximate surface area is 139 Å². The molecule has 6 heteroatoms. The first-order chi connectivity index (χ1) is 11.3. The quantitative estimate of drug-likeness (QED) is 0.684.